The lowest BCUT2D eigenvalue weighted by molar-refractivity contribution is -0.385. The molecule has 0 N–H and O–H groups in total. The molecule has 1 heterocycles. The largest absolute Gasteiger partial charge is 0.292 e. The zero-order valence-corrected chi connectivity index (χ0v) is 11.2. The van der Waals surface area contributed by atoms with Crippen molar-refractivity contribution in [2.24, 2.45) is 0 Å². The van der Waals surface area contributed by atoms with E-state index < -0.39 is 16.6 Å². The van der Waals surface area contributed by atoms with Gasteiger partial charge in [0.15, 0.2) is 11.7 Å². The molecule has 104 valence electrons. The van der Waals surface area contributed by atoms with Crippen molar-refractivity contribution in [2.75, 3.05) is 0 Å². The average Bonchev–Trinajstić information content (AvgIpc) is 2.48. The summed E-state index contributed by atoms with van der Waals surface area (Å²) >= 11 is 0. The van der Waals surface area contributed by atoms with Crippen molar-refractivity contribution >= 4 is 11.5 Å². The predicted molar refractivity (Wildman–Crippen MR) is 74.8 cm³/mol. The third-order valence-electron chi connectivity index (χ3n) is 3.07. The molecule has 1 unspecified atom stereocenters. The Bertz CT molecular complexity index is 736. The molecule has 0 fully saturated rings. The van der Waals surface area contributed by atoms with E-state index in [1.807, 2.05) is 6.07 Å². The van der Waals surface area contributed by atoms with Gasteiger partial charge in [0.25, 0.3) is 5.69 Å². The molecule has 1 aromatic heterocycles. The molecule has 0 aliphatic heterocycles. The first-order chi connectivity index (χ1) is 10.1. The van der Waals surface area contributed by atoms with Gasteiger partial charge in [-0.05, 0) is 24.6 Å². The monoisotopic (exact) mass is 281 g/mol. The van der Waals surface area contributed by atoms with Gasteiger partial charge in [-0.15, -0.1) is 0 Å². The molecular weight excluding hydrogens is 270 g/mol. The summed E-state index contributed by atoms with van der Waals surface area (Å²) in [6, 6.07) is 11.1. The maximum absolute atomic E-state index is 12.6. The fourth-order valence-electron chi connectivity index (χ4n) is 2.08. The van der Waals surface area contributed by atoms with Crippen LogP contribution in [0.15, 0.2) is 42.6 Å². The van der Waals surface area contributed by atoms with E-state index in [0.29, 0.717) is 5.56 Å². The van der Waals surface area contributed by atoms with E-state index in [1.165, 1.54) is 18.3 Å². The lowest BCUT2D eigenvalue weighted by atomic mass is 9.91. The third kappa shape index (κ3) is 2.77. The van der Waals surface area contributed by atoms with Crippen LogP contribution in [0.5, 0.6) is 0 Å². The maximum Gasteiger partial charge on any atom is 0.280 e. The molecule has 2 rings (SSSR count). The summed E-state index contributed by atoms with van der Waals surface area (Å²) in [5.41, 5.74) is 0.406. The fourth-order valence-corrected chi connectivity index (χ4v) is 2.08. The molecule has 6 nitrogen and oxygen atoms in total. The van der Waals surface area contributed by atoms with Gasteiger partial charge in [-0.25, -0.2) is 0 Å². The zero-order valence-electron chi connectivity index (χ0n) is 11.2. The van der Waals surface area contributed by atoms with Crippen molar-refractivity contribution in [1.29, 1.82) is 5.26 Å². The number of nitro benzene ring substituents is 1. The maximum atomic E-state index is 12.6. The molecular formula is C15H11N3O3. The first-order valence-corrected chi connectivity index (χ1v) is 6.15. The van der Waals surface area contributed by atoms with E-state index in [2.05, 4.69) is 4.98 Å². The lowest BCUT2D eigenvalue weighted by Gasteiger charge is -2.10. The first-order valence-electron chi connectivity index (χ1n) is 6.15. The van der Waals surface area contributed by atoms with Crippen molar-refractivity contribution in [2.45, 2.75) is 12.8 Å². The minimum Gasteiger partial charge on any atom is -0.292 e. The number of hydrogen-bond acceptors (Lipinski definition) is 5. The number of benzene rings is 1. The Balaban J connectivity index is 2.54. The Hall–Kier alpha value is -3.07. The summed E-state index contributed by atoms with van der Waals surface area (Å²) in [7, 11) is 0. The van der Waals surface area contributed by atoms with Crippen LogP contribution in [0.2, 0.25) is 0 Å². The summed E-state index contributed by atoms with van der Waals surface area (Å²) in [5.74, 6) is -1.77. The Kier molecular flexibility index (Phi) is 4.05. The highest BCUT2D eigenvalue weighted by Crippen LogP contribution is 2.28. The number of carbonyl (C=O) groups is 1. The van der Waals surface area contributed by atoms with Gasteiger partial charge >= 0.3 is 0 Å². The van der Waals surface area contributed by atoms with Crippen LogP contribution < -0.4 is 0 Å². The quantitative estimate of drug-likeness (QED) is 0.487. The molecule has 0 radical (unpaired) electrons. The number of pyridine rings is 1. The van der Waals surface area contributed by atoms with E-state index >= 15 is 0 Å². The second-order valence-electron chi connectivity index (χ2n) is 4.41. The highest BCUT2D eigenvalue weighted by Gasteiger charge is 2.30. The van der Waals surface area contributed by atoms with Gasteiger partial charge in [-0.1, -0.05) is 18.2 Å². The number of Topliss-reactive ketones (excluding diaryl/α,β-unsaturated/α-hetero) is 1. The van der Waals surface area contributed by atoms with Crippen molar-refractivity contribution in [3.63, 3.8) is 0 Å². The third-order valence-corrected chi connectivity index (χ3v) is 3.07. The molecule has 0 spiro atoms. The topological polar surface area (TPSA) is 96.9 Å². The van der Waals surface area contributed by atoms with Crippen LogP contribution in [0.4, 0.5) is 5.69 Å². The average molecular weight is 281 g/mol. The summed E-state index contributed by atoms with van der Waals surface area (Å²) in [6.45, 7) is 1.60. The van der Waals surface area contributed by atoms with Gasteiger partial charge in [-0.2, -0.15) is 5.26 Å². The van der Waals surface area contributed by atoms with Crippen LogP contribution in [-0.4, -0.2) is 15.7 Å². The second-order valence-corrected chi connectivity index (χ2v) is 4.41. The molecule has 0 aliphatic rings. The second kappa shape index (κ2) is 5.92. The van der Waals surface area contributed by atoms with Crippen LogP contribution in [0, 0.1) is 28.4 Å². The van der Waals surface area contributed by atoms with Crippen molar-refractivity contribution in [1.82, 2.24) is 4.98 Å². The normalized spacial score (nSPS) is 11.4. The molecule has 0 saturated carbocycles. The van der Waals surface area contributed by atoms with Crippen molar-refractivity contribution in [3.8, 4) is 6.07 Å². The number of aryl methyl sites for hydroxylation is 1. The molecule has 1 aromatic carbocycles. The smallest absolute Gasteiger partial charge is 0.280 e. The highest BCUT2D eigenvalue weighted by atomic mass is 16.6. The number of nitriles is 1. The summed E-state index contributed by atoms with van der Waals surface area (Å²) in [4.78, 5) is 27.0. The van der Waals surface area contributed by atoms with Gasteiger partial charge < -0.3 is 0 Å². The first kappa shape index (κ1) is 14.3. The van der Waals surface area contributed by atoms with E-state index in [1.54, 1.807) is 31.2 Å². The van der Waals surface area contributed by atoms with Crippen LogP contribution in [0.1, 0.15) is 27.5 Å². The van der Waals surface area contributed by atoms with E-state index in [0.717, 1.165) is 0 Å². The lowest BCUT2D eigenvalue weighted by Crippen LogP contribution is -2.15. The Morgan fingerprint density at radius 2 is 2.10 bits per heavy atom. The minimum atomic E-state index is -1.16. The van der Waals surface area contributed by atoms with E-state index in [4.69, 9.17) is 0 Å². The van der Waals surface area contributed by atoms with Gasteiger partial charge in [0.05, 0.1) is 22.2 Å². The molecule has 0 amide bonds. The number of rotatable bonds is 4. The number of carbonyl (C=O) groups excluding carboxylic acids is 1. The van der Waals surface area contributed by atoms with Crippen LogP contribution in [0.3, 0.4) is 0 Å². The molecule has 1 atom stereocenters. The Labute approximate surface area is 120 Å². The Morgan fingerprint density at radius 3 is 2.67 bits per heavy atom. The number of hydrogen-bond donors (Lipinski definition) is 0. The van der Waals surface area contributed by atoms with E-state index in [9.17, 15) is 20.2 Å². The van der Waals surface area contributed by atoms with Gasteiger partial charge in [0, 0.05) is 12.3 Å². The number of ketones is 1. The zero-order chi connectivity index (χ0) is 15.4. The number of aromatic nitrogens is 1. The number of nitro groups is 1. The van der Waals surface area contributed by atoms with Crippen LogP contribution in [-0.2, 0) is 0 Å². The molecule has 0 saturated heterocycles. The number of nitrogens with zero attached hydrogens (tertiary/aromatic N) is 3. The molecule has 21 heavy (non-hydrogen) atoms. The van der Waals surface area contributed by atoms with Gasteiger partial charge in [-0.3, -0.25) is 19.9 Å². The molecule has 2 aromatic rings. The fraction of sp³-hybridized carbons (Fsp3) is 0.133. The summed E-state index contributed by atoms with van der Waals surface area (Å²) in [6.07, 6.45) is 1.47. The molecule has 0 aliphatic carbocycles. The van der Waals surface area contributed by atoms with Crippen LogP contribution in [0.25, 0.3) is 0 Å². The molecule has 6 heteroatoms. The van der Waals surface area contributed by atoms with Crippen LogP contribution >= 0.6 is 0 Å². The van der Waals surface area contributed by atoms with E-state index in [-0.39, 0.29) is 16.9 Å². The predicted octanol–water partition coefficient (Wildman–Crippen LogP) is 2.79. The van der Waals surface area contributed by atoms with Crippen molar-refractivity contribution in [3.05, 3.63) is 69.5 Å². The Morgan fingerprint density at radius 1 is 1.33 bits per heavy atom. The summed E-state index contributed by atoms with van der Waals surface area (Å²) in [5, 5.41) is 20.3. The van der Waals surface area contributed by atoms with Gasteiger partial charge in [0.2, 0.25) is 0 Å². The summed E-state index contributed by atoms with van der Waals surface area (Å²) < 4.78 is 0. The standard InChI is InChI=1S/C15H11N3O3/c1-10-5-4-7-13(18(20)21)14(10)15(19)11(9-16)12-6-2-3-8-17-12/h2-8,11H,1H3. The minimum absolute atomic E-state index is 0.0419. The van der Waals surface area contributed by atoms with Crippen molar-refractivity contribution < 1.29 is 9.72 Å². The molecule has 0 bridgehead atoms. The SMILES string of the molecule is Cc1cccc([N+](=O)[O-])c1C(=O)C(C#N)c1ccccn1. The highest BCUT2D eigenvalue weighted by molar-refractivity contribution is 6.06. The van der Waals surface area contributed by atoms with Gasteiger partial charge in [0.1, 0.15) is 0 Å².